The van der Waals surface area contributed by atoms with E-state index in [9.17, 15) is 0 Å². The van der Waals surface area contributed by atoms with Crippen molar-refractivity contribution in [1.82, 2.24) is 0 Å². The fourth-order valence-corrected chi connectivity index (χ4v) is 2.55. The van der Waals surface area contributed by atoms with Gasteiger partial charge in [-0.15, -0.1) is 0 Å². The summed E-state index contributed by atoms with van der Waals surface area (Å²) in [6, 6.07) is 4.54. The van der Waals surface area contributed by atoms with Crippen molar-refractivity contribution in [3.05, 3.63) is 23.3 Å². The molecule has 0 spiro atoms. The predicted octanol–water partition coefficient (Wildman–Crippen LogP) is 4.07. The Morgan fingerprint density at radius 1 is 0.778 bits per heavy atom. The Kier molecular flexibility index (Phi) is 4.66. The second-order valence-corrected chi connectivity index (χ2v) is 6.03. The fourth-order valence-electron chi connectivity index (χ4n) is 2.55. The topological polar surface area (TPSA) is 6.48 Å². The fraction of sp³-hybridized carbons (Fsp3) is 0.625. The van der Waals surface area contributed by atoms with Crippen LogP contribution >= 0.6 is 0 Å². The van der Waals surface area contributed by atoms with Crippen LogP contribution in [-0.2, 0) is 0 Å². The maximum absolute atomic E-state index is 2.29. The minimum atomic E-state index is 0.541. The molecule has 1 aromatic rings. The van der Waals surface area contributed by atoms with Crippen molar-refractivity contribution in [3.8, 4) is 0 Å². The van der Waals surface area contributed by atoms with Gasteiger partial charge >= 0.3 is 0 Å². The Morgan fingerprint density at radius 2 is 1.33 bits per heavy atom. The van der Waals surface area contributed by atoms with Crippen molar-refractivity contribution in [1.29, 1.82) is 0 Å². The average Bonchev–Trinajstić information content (AvgIpc) is 2.26. The summed E-state index contributed by atoms with van der Waals surface area (Å²) in [6.07, 6.45) is 0. The van der Waals surface area contributed by atoms with Crippen LogP contribution in [0.25, 0.3) is 0 Å². The van der Waals surface area contributed by atoms with Crippen molar-refractivity contribution in [3.63, 3.8) is 0 Å². The first-order chi connectivity index (χ1) is 8.27. The Labute approximate surface area is 113 Å². The molecule has 0 N–H and O–H groups in total. The van der Waals surface area contributed by atoms with E-state index >= 15 is 0 Å². The molecular formula is C16H28N2. The first-order valence-corrected chi connectivity index (χ1v) is 6.78. The highest BCUT2D eigenvalue weighted by Crippen LogP contribution is 2.40. The zero-order chi connectivity index (χ0) is 14.0. The van der Waals surface area contributed by atoms with Crippen LogP contribution in [0.1, 0.15) is 50.7 Å². The van der Waals surface area contributed by atoms with Gasteiger partial charge in [-0.1, -0.05) is 33.8 Å². The van der Waals surface area contributed by atoms with Gasteiger partial charge < -0.3 is 9.80 Å². The number of nitrogens with zero attached hydrogens (tertiary/aromatic N) is 2. The molecule has 0 unspecified atom stereocenters. The van der Waals surface area contributed by atoms with Gasteiger partial charge in [0.25, 0.3) is 0 Å². The Bertz CT molecular complexity index is 365. The van der Waals surface area contributed by atoms with E-state index in [1.165, 1.54) is 22.5 Å². The zero-order valence-electron chi connectivity index (χ0n) is 13.2. The second-order valence-electron chi connectivity index (χ2n) is 6.03. The third-order valence-corrected chi connectivity index (χ3v) is 3.36. The monoisotopic (exact) mass is 248 g/mol. The summed E-state index contributed by atoms with van der Waals surface area (Å²) < 4.78 is 0. The molecular weight excluding hydrogens is 220 g/mol. The number of hydrogen-bond acceptors (Lipinski definition) is 2. The van der Waals surface area contributed by atoms with Gasteiger partial charge in [0.15, 0.2) is 0 Å². The summed E-state index contributed by atoms with van der Waals surface area (Å²) in [5.74, 6) is 1.11. The molecule has 2 heteroatoms. The van der Waals surface area contributed by atoms with E-state index < -0.39 is 0 Å². The lowest BCUT2D eigenvalue weighted by atomic mass is 9.88. The second kappa shape index (κ2) is 5.64. The lowest BCUT2D eigenvalue weighted by molar-refractivity contribution is 0.785. The maximum atomic E-state index is 2.29. The van der Waals surface area contributed by atoms with Gasteiger partial charge in [-0.2, -0.15) is 0 Å². The number of rotatable bonds is 4. The summed E-state index contributed by atoms with van der Waals surface area (Å²) in [5.41, 5.74) is 5.62. The molecule has 0 aliphatic heterocycles. The Morgan fingerprint density at radius 3 is 1.67 bits per heavy atom. The Balaban J connectivity index is 3.60. The number of benzene rings is 1. The van der Waals surface area contributed by atoms with E-state index in [-0.39, 0.29) is 0 Å². The molecule has 0 amide bonds. The number of hydrogen-bond donors (Lipinski definition) is 0. The first-order valence-electron chi connectivity index (χ1n) is 6.78. The molecule has 1 aromatic carbocycles. The molecule has 102 valence electrons. The van der Waals surface area contributed by atoms with E-state index in [1.807, 2.05) is 0 Å². The highest BCUT2D eigenvalue weighted by molar-refractivity contribution is 5.76. The van der Waals surface area contributed by atoms with Crippen molar-refractivity contribution >= 4 is 11.4 Å². The third kappa shape index (κ3) is 2.80. The molecule has 1 rings (SSSR count). The van der Waals surface area contributed by atoms with Crippen LogP contribution in [0.15, 0.2) is 12.1 Å². The molecule has 0 heterocycles. The Hall–Kier alpha value is -1.18. The van der Waals surface area contributed by atoms with E-state index in [0.717, 1.165) is 0 Å². The predicted molar refractivity (Wildman–Crippen MR) is 83.3 cm³/mol. The molecule has 0 radical (unpaired) electrons. The molecule has 0 saturated carbocycles. The van der Waals surface area contributed by atoms with E-state index in [2.05, 4.69) is 77.8 Å². The van der Waals surface area contributed by atoms with Crippen molar-refractivity contribution in [2.45, 2.75) is 39.5 Å². The molecule has 0 bridgehead atoms. The molecule has 2 nitrogen and oxygen atoms in total. The summed E-state index contributed by atoms with van der Waals surface area (Å²) in [7, 11) is 8.50. The highest BCUT2D eigenvalue weighted by atomic mass is 15.1. The summed E-state index contributed by atoms with van der Waals surface area (Å²) in [5, 5.41) is 0. The van der Waals surface area contributed by atoms with E-state index in [0.29, 0.717) is 11.8 Å². The van der Waals surface area contributed by atoms with Gasteiger partial charge in [0.05, 0.1) is 11.4 Å². The quantitative estimate of drug-likeness (QED) is 0.792. The van der Waals surface area contributed by atoms with E-state index in [1.54, 1.807) is 0 Å². The molecule has 0 aliphatic rings. The molecule has 0 fully saturated rings. The lowest BCUT2D eigenvalue weighted by Gasteiger charge is -2.30. The smallest absolute Gasteiger partial charge is 0.0636 e. The molecule has 0 aromatic heterocycles. The first kappa shape index (κ1) is 14.9. The van der Waals surface area contributed by atoms with Crippen LogP contribution < -0.4 is 9.80 Å². The minimum Gasteiger partial charge on any atom is -0.376 e. The molecule has 0 saturated heterocycles. The summed E-state index contributed by atoms with van der Waals surface area (Å²) in [6.45, 7) is 9.12. The van der Waals surface area contributed by atoms with Crippen LogP contribution in [0.2, 0.25) is 0 Å². The van der Waals surface area contributed by atoms with Crippen molar-refractivity contribution < 1.29 is 0 Å². The zero-order valence-corrected chi connectivity index (χ0v) is 13.2. The molecule has 0 atom stereocenters. The van der Waals surface area contributed by atoms with Crippen LogP contribution in [-0.4, -0.2) is 28.2 Å². The van der Waals surface area contributed by atoms with Gasteiger partial charge in [-0.3, -0.25) is 0 Å². The van der Waals surface area contributed by atoms with Gasteiger partial charge in [0.2, 0.25) is 0 Å². The van der Waals surface area contributed by atoms with Gasteiger partial charge in [0, 0.05) is 28.2 Å². The van der Waals surface area contributed by atoms with E-state index in [4.69, 9.17) is 0 Å². The number of anilines is 2. The average molecular weight is 248 g/mol. The van der Waals surface area contributed by atoms with Crippen LogP contribution in [0.3, 0.4) is 0 Å². The highest BCUT2D eigenvalue weighted by Gasteiger charge is 2.19. The standard InChI is InChI=1S/C16H28N2/c1-11(2)13-9-10-14(17(5)6)16(18(7)8)15(13)12(3)4/h9-12H,1-8H3. The summed E-state index contributed by atoms with van der Waals surface area (Å²) >= 11 is 0. The lowest BCUT2D eigenvalue weighted by Crippen LogP contribution is -2.20. The SMILES string of the molecule is CC(C)c1ccc(N(C)C)c(N(C)C)c1C(C)C. The molecule has 18 heavy (non-hydrogen) atoms. The maximum Gasteiger partial charge on any atom is 0.0636 e. The normalized spacial score (nSPS) is 11.2. The van der Waals surface area contributed by atoms with Crippen molar-refractivity contribution in [2.24, 2.45) is 0 Å². The van der Waals surface area contributed by atoms with Gasteiger partial charge in [-0.25, -0.2) is 0 Å². The van der Waals surface area contributed by atoms with Crippen LogP contribution in [0.5, 0.6) is 0 Å². The largest absolute Gasteiger partial charge is 0.376 e. The van der Waals surface area contributed by atoms with Crippen LogP contribution in [0, 0.1) is 0 Å². The van der Waals surface area contributed by atoms with Crippen LogP contribution in [0.4, 0.5) is 11.4 Å². The summed E-state index contributed by atoms with van der Waals surface area (Å²) in [4.78, 5) is 4.45. The molecule has 0 aliphatic carbocycles. The van der Waals surface area contributed by atoms with Gasteiger partial charge in [0.1, 0.15) is 0 Å². The van der Waals surface area contributed by atoms with Gasteiger partial charge in [-0.05, 0) is 29.0 Å². The third-order valence-electron chi connectivity index (χ3n) is 3.36. The van der Waals surface area contributed by atoms with Crippen molar-refractivity contribution in [2.75, 3.05) is 38.0 Å². The minimum absolute atomic E-state index is 0.541.